The summed E-state index contributed by atoms with van der Waals surface area (Å²) in [7, 11) is 0. The van der Waals surface area contributed by atoms with E-state index in [9.17, 15) is 4.79 Å². The van der Waals surface area contributed by atoms with Gasteiger partial charge < -0.3 is 5.32 Å². The van der Waals surface area contributed by atoms with Crippen LogP contribution in [0.2, 0.25) is 0 Å². The Labute approximate surface area is 102 Å². The third-order valence-electron chi connectivity index (χ3n) is 2.90. The molecule has 0 aliphatic heterocycles. The largest absolute Gasteiger partial charge is 0.314 e. The number of carbonyl (C=O) groups excluding carboxylic acids is 1. The van der Waals surface area contributed by atoms with Crippen LogP contribution >= 0.6 is 0 Å². The van der Waals surface area contributed by atoms with Gasteiger partial charge in [0, 0.05) is 25.6 Å². The summed E-state index contributed by atoms with van der Waals surface area (Å²) in [6, 6.07) is 0.673. The Kier molecular flexibility index (Phi) is 4.25. The van der Waals surface area contributed by atoms with Gasteiger partial charge in [-0.3, -0.25) is 4.79 Å². The molecule has 0 amide bonds. The van der Waals surface area contributed by atoms with Gasteiger partial charge in [-0.2, -0.15) is 5.10 Å². The molecule has 2 rings (SSSR count). The fourth-order valence-corrected chi connectivity index (χ4v) is 1.79. The third kappa shape index (κ3) is 3.93. The van der Waals surface area contributed by atoms with Crippen LogP contribution in [0.5, 0.6) is 0 Å². The summed E-state index contributed by atoms with van der Waals surface area (Å²) in [5.41, 5.74) is 0. The van der Waals surface area contributed by atoms with Gasteiger partial charge in [-0.1, -0.05) is 6.92 Å². The minimum Gasteiger partial charge on any atom is -0.314 e. The summed E-state index contributed by atoms with van der Waals surface area (Å²) < 4.78 is 1.83. The monoisotopic (exact) mass is 236 g/mol. The van der Waals surface area contributed by atoms with Crippen molar-refractivity contribution in [2.45, 2.75) is 51.6 Å². The van der Waals surface area contributed by atoms with Crippen molar-refractivity contribution < 1.29 is 4.79 Å². The average molecular weight is 236 g/mol. The van der Waals surface area contributed by atoms with Crippen LogP contribution in [0, 0.1) is 0 Å². The van der Waals surface area contributed by atoms with Gasteiger partial charge >= 0.3 is 0 Å². The molecule has 0 saturated heterocycles. The summed E-state index contributed by atoms with van der Waals surface area (Å²) in [5, 5.41) is 7.46. The molecule has 1 heterocycles. The molecule has 0 radical (unpaired) electrons. The van der Waals surface area contributed by atoms with Crippen LogP contribution in [0.25, 0.3) is 0 Å². The van der Waals surface area contributed by atoms with E-state index >= 15 is 0 Å². The van der Waals surface area contributed by atoms with Gasteiger partial charge in [-0.15, -0.1) is 0 Å². The molecule has 5 heteroatoms. The van der Waals surface area contributed by atoms with Crippen molar-refractivity contribution in [3.05, 3.63) is 12.2 Å². The lowest BCUT2D eigenvalue weighted by Gasteiger charge is -2.04. The second-order valence-corrected chi connectivity index (χ2v) is 4.59. The first kappa shape index (κ1) is 12.2. The number of Topliss-reactive ketones (excluding diaryl/α,β-unsaturated/α-hetero) is 1. The third-order valence-corrected chi connectivity index (χ3v) is 2.90. The molecule has 0 atom stereocenters. The molecule has 0 aromatic carbocycles. The highest BCUT2D eigenvalue weighted by Gasteiger charge is 2.20. The first-order valence-electron chi connectivity index (χ1n) is 6.41. The number of hydrogen-bond acceptors (Lipinski definition) is 4. The molecule has 0 bridgehead atoms. The van der Waals surface area contributed by atoms with Crippen LogP contribution in [0.1, 0.15) is 38.4 Å². The van der Waals surface area contributed by atoms with E-state index in [0.717, 1.165) is 25.3 Å². The van der Waals surface area contributed by atoms with Crippen molar-refractivity contribution in [3.8, 4) is 0 Å². The van der Waals surface area contributed by atoms with Crippen LogP contribution in [0.4, 0.5) is 0 Å². The smallest absolute Gasteiger partial charge is 0.141 e. The maximum atomic E-state index is 11.7. The Morgan fingerprint density at radius 3 is 3.12 bits per heavy atom. The fraction of sp³-hybridized carbons (Fsp3) is 0.750. The highest BCUT2D eigenvalue weighted by atomic mass is 16.1. The molecule has 1 fully saturated rings. The maximum absolute atomic E-state index is 11.7. The van der Waals surface area contributed by atoms with Crippen molar-refractivity contribution in [2.24, 2.45) is 0 Å². The lowest BCUT2D eigenvalue weighted by Crippen LogP contribution is -2.21. The molecule has 94 valence electrons. The highest BCUT2D eigenvalue weighted by Crippen LogP contribution is 2.18. The Morgan fingerprint density at radius 1 is 1.59 bits per heavy atom. The van der Waals surface area contributed by atoms with Crippen molar-refractivity contribution in [1.82, 2.24) is 20.1 Å². The lowest BCUT2D eigenvalue weighted by atomic mass is 10.2. The first-order chi connectivity index (χ1) is 8.29. The SMILES string of the molecule is CCCn1ncnc1CC(=O)CCNC1CC1. The summed E-state index contributed by atoms with van der Waals surface area (Å²) >= 11 is 0. The molecule has 1 aliphatic carbocycles. The minimum absolute atomic E-state index is 0.239. The van der Waals surface area contributed by atoms with Gasteiger partial charge in [0.2, 0.25) is 0 Å². The molecule has 17 heavy (non-hydrogen) atoms. The summed E-state index contributed by atoms with van der Waals surface area (Å²) in [6.07, 6.45) is 6.06. The van der Waals surface area contributed by atoms with Crippen molar-refractivity contribution >= 4 is 5.78 Å². The molecule has 1 saturated carbocycles. The summed E-state index contributed by atoms with van der Waals surface area (Å²) in [5.74, 6) is 1.03. The van der Waals surface area contributed by atoms with E-state index in [1.165, 1.54) is 19.2 Å². The van der Waals surface area contributed by atoms with E-state index in [1.54, 1.807) is 0 Å². The van der Waals surface area contributed by atoms with E-state index in [1.807, 2.05) is 4.68 Å². The van der Waals surface area contributed by atoms with Crippen molar-refractivity contribution in [1.29, 1.82) is 0 Å². The minimum atomic E-state index is 0.239. The van der Waals surface area contributed by atoms with E-state index in [-0.39, 0.29) is 5.78 Å². The fourth-order valence-electron chi connectivity index (χ4n) is 1.79. The molecular weight excluding hydrogens is 216 g/mol. The molecule has 1 aromatic heterocycles. The van der Waals surface area contributed by atoms with Crippen LogP contribution in [0.15, 0.2) is 6.33 Å². The Bertz CT molecular complexity index is 370. The summed E-state index contributed by atoms with van der Waals surface area (Å²) in [4.78, 5) is 15.9. The van der Waals surface area contributed by atoms with Crippen molar-refractivity contribution in [2.75, 3.05) is 6.54 Å². The predicted molar refractivity (Wildman–Crippen MR) is 64.7 cm³/mol. The number of aromatic nitrogens is 3. The zero-order valence-corrected chi connectivity index (χ0v) is 10.4. The van der Waals surface area contributed by atoms with E-state index in [0.29, 0.717) is 18.9 Å². The van der Waals surface area contributed by atoms with Gasteiger partial charge in [0.05, 0.1) is 6.42 Å². The second kappa shape index (κ2) is 5.91. The zero-order chi connectivity index (χ0) is 12.1. The molecule has 1 N–H and O–H groups in total. The molecule has 5 nitrogen and oxygen atoms in total. The first-order valence-corrected chi connectivity index (χ1v) is 6.41. The molecule has 0 unspecified atom stereocenters. The number of aryl methyl sites for hydroxylation is 1. The van der Waals surface area contributed by atoms with Gasteiger partial charge in [0.15, 0.2) is 0 Å². The number of ketones is 1. The lowest BCUT2D eigenvalue weighted by molar-refractivity contribution is -0.118. The topological polar surface area (TPSA) is 59.8 Å². The van der Waals surface area contributed by atoms with E-state index in [2.05, 4.69) is 22.3 Å². The van der Waals surface area contributed by atoms with E-state index < -0.39 is 0 Å². The normalized spacial score (nSPS) is 15.1. The summed E-state index contributed by atoms with van der Waals surface area (Å²) in [6.45, 7) is 3.72. The quantitative estimate of drug-likeness (QED) is 0.730. The van der Waals surface area contributed by atoms with Crippen LogP contribution in [0.3, 0.4) is 0 Å². The highest BCUT2D eigenvalue weighted by molar-refractivity contribution is 5.80. The number of rotatable bonds is 8. The Hall–Kier alpha value is -1.23. The van der Waals surface area contributed by atoms with Gasteiger partial charge in [-0.05, 0) is 19.3 Å². The van der Waals surface area contributed by atoms with Gasteiger partial charge in [0.1, 0.15) is 17.9 Å². The molecular formula is C12H20N4O. The average Bonchev–Trinajstić information content (AvgIpc) is 3.02. The standard InChI is InChI=1S/C12H20N4O/c1-2-7-16-12(14-9-15-16)8-11(17)5-6-13-10-3-4-10/h9-10,13H,2-8H2,1H3. The van der Waals surface area contributed by atoms with E-state index in [4.69, 9.17) is 0 Å². The van der Waals surface area contributed by atoms with Gasteiger partial charge in [-0.25, -0.2) is 9.67 Å². The second-order valence-electron chi connectivity index (χ2n) is 4.59. The maximum Gasteiger partial charge on any atom is 0.141 e. The van der Waals surface area contributed by atoms with Gasteiger partial charge in [0.25, 0.3) is 0 Å². The van der Waals surface area contributed by atoms with Crippen LogP contribution in [-0.2, 0) is 17.8 Å². The number of nitrogens with one attached hydrogen (secondary N) is 1. The molecule has 1 aromatic rings. The number of nitrogens with zero attached hydrogens (tertiary/aromatic N) is 3. The predicted octanol–water partition coefficient (Wildman–Crippen LogP) is 0.942. The molecule has 0 spiro atoms. The number of carbonyl (C=O) groups is 1. The number of hydrogen-bond donors (Lipinski definition) is 1. The zero-order valence-electron chi connectivity index (χ0n) is 10.4. The Morgan fingerprint density at radius 2 is 2.41 bits per heavy atom. The molecule has 1 aliphatic rings. The van der Waals surface area contributed by atoms with Crippen molar-refractivity contribution in [3.63, 3.8) is 0 Å². The van der Waals surface area contributed by atoms with Crippen LogP contribution < -0.4 is 5.32 Å². The Balaban J connectivity index is 1.73. The van der Waals surface area contributed by atoms with Crippen LogP contribution in [-0.4, -0.2) is 33.1 Å².